The molecule has 0 bridgehead atoms. The van der Waals surface area contributed by atoms with E-state index >= 15 is 0 Å². The molecule has 1 saturated heterocycles. The standard InChI is InChI=1S/C12H14ClN3O3/c13-9-5-7(12(18)19)6-10(15-9)16-4-2-1-3-8(16)11(14)17/h5-6,8H,1-4H2,(H2,14,17)(H,18,19). The third-order valence-corrected chi connectivity index (χ3v) is 3.35. The van der Waals surface area contributed by atoms with Gasteiger partial charge in [-0.2, -0.15) is 0 Å². The molecule has 2 rings (SSSR count). The molecular formula is C12H14ClN3O3. The largest absolute Gasteiger partial charge is 0.478 e. The lowest BCUT2D eigenvalue weighted by Crippen LogP contribution is -2.48. The zero-order chi connectivity index (χ0) is 14.0. The van der Waals surface area contributed by atoms with Crippen LogP contribution in [0.2, 0.25) is 5.15 Å². The molecule has 3 N–H and O–H groups in total. The molecule has 0 radical (unpaired) electrons. The van der Waals surface area contributed by atoms with Gasteiger partial charge in [-0.25, -0.2) is 9.78 Å². The fourth-order valence-corrected chi connectivity index (χ4v) is 2.46. The molecule has 1 aromatic heterocycles. The number of hydrogen-bond donors (Lipinski definition) is 2. The number of carbonyl (C=O) groups is 2. The van der Waals surface area contributed by atoms with Crippen LogP contribution in [0.1, 0.15) is 29.6 Å². The topological polar surface area (TPSA) is 96.5 Å². The van der Waals surface area contributed by atoms with Gasteiger partial charge in [0.15, 0.2) is 0 Å². The molecule has 0 spiro atoms. The van der Waals surface area contributed by atoms with Crippen LogP contribution in [0.15, 0.2) is 12.1 Å². The lowest BCUT2D eigenvalue weighted by atomic mass is 10.0. The van der Waals surface area contributed by atoms with Crippen LogP contribution in [0.4, 0.5) is 5.82 Å². The van der Waals surface area contributed by atoms with Gasteiger partial charge >= 0.3 is 5.97 Å². The van der Waals surface area contributed by atoms with Crippen LogP contribution in [0, 0.1) is 0 Å². The molecule has 0 saturated carbocycles. The molecule has 1 atom stereocenters. The molecule has 2 heterocycles. The van der Waals surface area contributed by atoms with E-state index in [4.69, 9.17) is 22.4 Å². The summed E-state index contributed by atoms with van der Waals surface area (Å²) in [5, 5.41) is 9.10. The van der Waals surface area contributed by atoms with Crippen molar-refractivity contribution < 1.29 is 14.7 Å². The van der Waals surface area contributed by atoms with Gasteiger partial charge < -0.3 is 15.7 Å². The summed E-state index contributed by atoms with van der Waals surface area (Å²) >= 11 is 5.82. The summed E-state index contributed by atoms with van der Waals surface area (Å²) in [6, 6.07) is 2.23. The number of anilines is 1. The molecule has 1 fully saturated rings. The number of carboxylic acid groups (broad SMARTS) is 1. The molecule has 0 aromatic carbocycles. The van der Waals surface area contributed by atoms with Crippen LogP contribution in [0.3, 0.4) is 0 Å². The van der Waals surface area contributed by atoms with Gasteiger partial charge in [0.1, 0.15) is 17.0 Å². The van der Waals surface area contributed by atoms with Crippen molar-refractivity contribution in [2.45, 2.75) is 25.3 Å². The van der Waals surface area contributed by atoms with Crippen molar-refractivity contribution in [3.8, 4) is 0 Å². The molecule has 1 aliphatic rings. The van der Waals surface area contributed by atoms with E-state index < -0.39 is 17.9 Å². The van der Waals surface area contributed by atoms with E-state index in [1.165, 1.54) is 12.1 Å². The molecular weight excluding hydrogens is 270 g/mol. The average molecular weight is 284 g/mol. The third kappa shape index (κ3) is 2.96. The highest BCUT2D eigenvalue weighted by molar-refractivity contribution is 6.29. The Morgan fingerprint density at radius 3 is 2.79 bits per heavy atom. The molecule has 19 heavy (non-hydrogen) atoms. The first-order chi connectivity index (χ1) is 8.99. The number of nitrogens with two attached hydrogens (primary N) is 1. The fraction of sp³-hybridized carbons (Fsp3) is 0.417. The van der Waals surface area contributed by atoms with Crippen molar-refractivity contribution in [1.29, 1.82) is 0 Å². The van der Waals surface area contributed by atoms with Crippen molar-refractivity contribution in [2.75, 3.05) is 11.4 Å². The Balaban J connectivity index is 2.38. The Labute approximate surface area is 115 Å². The van der Waals surface area contributed by atoms with Crippen molar-refractivity contribution in [3.63, 3.8) is 0 Å². The van der Waals surface area contributed by atoms with E-state index in [1.54, 1.807) is 4.90 Å². The Morgan fingerprint density at radius 2 is 2.16 bits per heavy atom. The lowest BCUT2D eigenvalue weighted by molar-refractivity contribution is -0.119. The molecule has 1 aromatic rings. The van der Waals surface area contributed by atoms with Gasteiger partial charge in [0.25, 0.3) is 0 Å². The molecule has 1 amide bonds. The van der Waals surface area contributed by atoms with Gasteiger partial charge in [0, 0.05) is 6.54 Å². The maximum absolute atomic E-state index is 11.4. The smallest absolute Gasteiger partial charge is 0.335 e. The zero-order valence-corrected chi connectivity index (χ0v) is 10.9. The molecule has 102 valence electrons. The summed E-state index contributed by atoms with van der Waals surface area (Å²) in [6.07, 6.45) is 2.46. The molecule has 6 nitrogen and oxygen atoms in total. The van der Waals surface area contributed by atoms with Crippen LogP contribution in [-0.4, -0.2) is 34.6 Å². The third-order valence-electron chi connectivity index (χ3n) is 3.15. The van der Waals surface area contributed by atoms with Gasteiger partial charge in [-0.3, -0.25) is 4.79 Å². The van der Waals surface area contributed by atoms with Gasteiger partial charge in [0.2, 0.25) is 5.91 Å². The minimum Gasteiger partial charge on any atom is -0.478 e. The van der Waals surface area contributed by atoms with Crippen molar-refractivity contribution in [3.05, 3.63) is 22.8 Å². The predicted octanol–water partition coefficient (Wildman–Crippen LogP) is 1.28. The minimum atomic E-state index is -1.09. The summed E-state index contributed by atoms with van der Waals surface area (Å²) in [5.41, 5.74) is 5.42. The number of halogens is 1. The highest BCUT2D eigenvalue weighted by Crippen LogP contribution is 2.25. The highest BCUT2D eigenvalue weighted by atomic mass is 35.5. The summed E-state index contributed by atoms with van der Waals surface area (Å²) in [4.78, 5) is 28.3. The molecule has 1 aliphatic heterocycles. The first-order valence-electron chi connectivity index (χ1n) is 5.96. The Bertz CT molecular complexity index is 521. The van der Waals surface area contributed by atoms with E-state index in [9.17, 15) is 9.59 Å². The number of rotatable bonds is 3. The predicted molar refractivity (Wildman–Crippen MR) is 70.4 cm³/mol. The summed E-state index contributed by atoms with van der Waals surface area (Å²) in [7, 11) is 0. The molecule has 0 aliphatic carbocycles. The van der Waals surface area contributed by atoms with Crippen molar-refractivity contribution >= 4 is 29.3 Å². The first kappa shape index (κ1) is 13.6. The lowest BCUT2D eigenvalue weighted by Gasteiger charge is -2.34. The van der Waals surface area contributed by atoms with Gasteiger partial charge in [0.05, 0.1) is 5.56 Å². The number of aromatic carboxylic acids is 1. The van der Waals surface area contributed by atoms with E-state index in [0.29, 0.717) is 18.8 Å². The summed E-state index contributed by atoms with van der Waals surface area (Å²) in [6.45, 7) is 0.611. The van der Waals surface area contributed by atoms with Gasteiger partial charge in [-0.1, -0.05) is 11.6 Å². The van der Waals surface area contributed by atoms with Crippen molar-refractivity contribution in [2.24, 2.45) is 5.73 Å². The average Bonchev–Trinajstić information content (AvgIpc) is 2.37. The minimum absolute atomic E-state index is 0.0452. The monoisotopic (exact) mass is 283 g/mol. The Kier molecular flexibility index (Phi) is 3.90. The zero-order valence-electron chi connectivity index (χ0n) is 10.2. The maximum Gasteiger partial charge on any atom is 0.335 e. The number of carbonyl (C=O) groups excluding carboxylic acids is 1. The second kappa shape index (κ2) is 5.44. The number of piperidine rings is 1. The Morgan fingerprint density at radius 1 is 1.42 bits per heavy atom. The fourth-order valence-electron chi connectivity index (χ4n) is 2.26. The van der Waals surface area contributed by atoms with E-state index in [-0.39, 0.29) is 10.7 Å². The second-order valence-corrected chi connectivity index (χ2v) is 4.84. The first-order valence-corrected chi connectivity index (χ1v) is 6.33. The quantitative estimate of drug-likeness (QED) is 0.815. The normalized spacial score (nSPS) is 19.2. The number of amides is 1. The number of aromatic nitrogens is 1. The van der Waals surface area contributed by atoms with E-state index in [1.807, 2.05) is 0 Å². The summed E-state index contributed by atoms with van der Waals surface area (Å²) < 4.78 is 0. The van der Waals surface area contributed by atoms with Crippen LogP contribution >= 0.6 is 11.6 Å². The number of pyridine rings is 1. The van der Waals surface area contributed by atoms with Crippen molar-refractivity contribution in [1.82, 2.24) is 4.98 Å². The highest BCUT2D eigenvalue weighted by Gasteiger charge is 2.28. The maximum atomic E-state index is 11.4. The SMILES string of the molecule is NC(=O)C1CCCCN1c1cc(C(=O)O)cc(Cl)n1. The van der Waals surface area contributed by atoms with E-state index in [0.717, 1.165) is 12.8 Å². The van der Waals surface area contributed by atoms with Crippen LogP contribution in [0.25, 0.3) is 0 Å². The molecule has 7 heteroatoms. The number of carboxylic acids is 1. The number of hydrogen-bond acceptors (Lipinski definition) is 4. The van der Waals surface area contributed by atoms with E-state index in [2.05, 4.69) is 4.98 Å². The number of primary amides is 1. The number of nitrogens with zero attached hydrogens (tertiary/aromatic N) is 2. The van der Waals surface area contributed by atoms with Gasteiger partial charge in [-0.15, -0.1) is 0 Å². The molecule has 1 unspecified atom stereocenters. The Hall–Kier alpha value is -1.82. The summed E-state index contributed by atoms with van der Waals surface area (Å²) in [5.74, 6) is -1.13. The second-order valence-electron chi connectivity index (χ2n) is 4.45. The van der Waals surface area contributed by atoms with Gasteiger partial charge in [-0.05, 0) is 31.4 Å². The van der Waals surface area contributed by atoms with Crippen LogP contribution in [0.5, 0.6) is 0 Å². The van der Waals surface area contributed by atoms with Crippen LogP contribution in [-0.2, 0) is 4.79 Å². The van der Waals surface area contributed by atoms with Crippen LogP contribution < -0.4 is 10.6 Å².